The Kier molecular flexibility index (Phi) is 6.43. The van der Waals surface area contributed by atoms with Crippen LogP contribution in [0.1, 0.15) is 42.0 Å². The molecule has 5 rings (SSSR count). The maximum absolute atomic E-state index is 15.2. The Balaban J connectivity index is 1.67. The monoisotopic (exact) mass is 468 g/mol. The summed E-state index contributed by atoms with van der Waals surface area (Å²) in [5, 5.41) is 13.3. The lowest BCUT2D eigenvalue weighted by atomic mass is 9.80. The van der Waals surface area contributed by atoms with Crippen molar-refractivity contribution in [2.75, 3.05) is 23.3 Å². The van der Waals surface area contributed by atoms with Crippen LogP contribution in [0.4, 0.5) is 21.5 Å². The fraction of sp³-hybridized carbons (Fsp3) is 0.200. The van der Waals surface area contributed by atoms with E-state index in [-0.39, 0.29) is 18.3 Å². The van der Waals surface area contributed by atoms with Crippen molar-refractivity contribution < 1.29 is 14.2 Å². The van der Waals surface area contributed by atoms with E-state index in [9.17, 15) is 5.11 Å². The SMILES string of the molecule is CCN(CC)c1ccc2c(c1)Oc1cc(F)c(Nc3ccccc3)cc1C2c1ccccc1CO. The van der Waals surface area contributed by atoms with Gasteiger partial charge in [0.15, 0.2) is 0 Å². The summed E-state index contributed by atoms with van der Waals surface area (Å²) in [5.41, 5.74) is 5.92. The summed E-state index contributed by atoms with van der Waals surface area (Å²) < 4.78 is 21.6. The number of halogens is 1. The van der Waals surface area contributed by atoms with Gasteiger partial charge in [0.25, 0.3) is 0 Å². The van der Waals surface area contributed by atoms with Gasteiger partial charge in [-0.25, -0.2) is 4.39 Å². The first-order valence-electron chi connectivity index (χ1n) is 12.0. The van der Waals surface area contributed by atoms with Crippen molar-refractivity contribution in [2.24, 2.45) is 0 Å². The standard InChI is InChI=1S/C30H29FN2O2/c1-3-33(4-2)22-14-15-24-28(16-22)35-29-18-26(31)27(32-21-11-6-5-7-12-21)17-25(29)30(24)23-13-9-8-10-20(23)19-34/h5-18,30,32,34H,3-4,19H2,1-2H3. The van der Waals surface area contributed by atoms with Gasteiger partial charge in [-0.05, 0) is 49.2 Å². The number of fused-ring (bicyclic) bond motifs is 2. The Bertz CT molecular complexity index is 1340. The minimum absolute atomic E-state index is 0.0773. The summed E-state index contributed by atoms with van der Waals surface area (Å²) in [6, 6.07) is 26.9. The molecule has 1 aliphatic heterocycles. The number of hydrogen-bond acceptors (Lipinski definition) is 4. The smallest absolute Gasteiger partial charge is 0.150 e. The highest BCUT2D eigenvalue weighted by Crippen LogP contribution is 2.50. The third-order valence-electron chi connectivity index (χ3n) is 6.66. The normalized spacial score (nSPS) is 14.0. The number of para-hydroxylation sites is 1. The van der Waals surface area contributed by atoms with Crippen LogP contribution in [0.25, 0.3) is 0 Å². The van der Waals surface area contributed by atoms with Crippen LogP contribution in [0.5, 0.6) is 11.5 Å². The van der Waals surface area contributed by atoms with Gasteiger partial charge in [-0.3, -0.25) is 0 Å². The molecule has 0 amide bonds. The first kappa shape index (κ1) is 22.9. The minimum Gasteiger partial charge on any atom is -0.457 e. The van der Waals surface area contributed by atoms with Crippen LogP contribution in [0, 0.1) is 5.82 Å². The van der Waals surface area contributed by atoms with Crippen LogP contribution in [-0.2, 0) is 6.61 Å². The van der Waals surface area contributed by atoms with Crippen LogP contribution in [0.15, 0.2) is 84.9 Å². The third kappa shape index (κ3) is 4.35. The van der Waals surface area contributed by atoms with Gasteiger partial charge in [0.1, 0.15) is 17.3 Å². The maximum atomic E-state index is 15.2. The van der Waals surface area contributed by atoms with Crippen molar-refractivity contribution in [3.05, 3.63) is 113 Å². The predicted molar refractivity (Wildman–Crippen MR) is 140 cm³/mol. The molecule has 35 heavy (non-hydrogen) atoms. The van der Waals surface area contributed by atoms with Crippen molar-refractivity contribution in [3.63, 3.8) is 0 Å². The zero-order valence-corrected chi connectivity index (χ0v) is 20.0. The van der Waals surface area contributed by atoms with Gasteiger partial charge in [-0.15, -0.1) is 0 Å². The molecular formula is C30H29FN2O2. The van der Waals surface area contributed by atoms with Crippen LogP contribution >= 0.6 is 0 Å². The van der Waals surface area contributed by atoms with E-state index < -0.39 is 0 Å². The van der Waals surface area contributed by atoms with Crippen LogP contribution in [0.2, 0.25) is 0 Å². The highest BCUT2D eigenvalue weighted by molar-refractivity contribution is 5.69. The molecule has 0 radical (unpaired) electrons. The molecule has 1 unspecified atom stereocenters. The van der Waals surface area contributed by atoms with Crippen LogP contribution in [-0.4, -0.2) is 18.2 Å². The summed E-state index contributed by atoms with van der Waals surface area (Å²) in [6.07, 6.45) is 0. The Morgan fingerprint density at radius 3 is 2.29 bits per heavy atom. The third-order valence-corrected chi connectivity index (χ3v) is 6.66. The predicted octanol–water partition coefficient (Wildman–Crippen LogP) is 7.19. The molecule has 5 heteroatoms. The van der Waals surface area contributed by atoms with Crippen molar-refractivity contribution in [1.29, 1.82) is 0 Å². The highest BCUT2D eigenvalue weighted by Gasteiger charge is 2.32. The number of nitrogens with zero attached hydrogens (tertiary/aromatic N) is 1. The molecule has 0 aromatic heterocycles. The molecule has 1 aliphatic rings. The zero-order chi connectivity index (χ0) is 24.4. The summed E-state index contributed by atoms with van der Waals surface area (Å²) in [6.45, 7) is 5.93. The number of nitrogens with one attached hydrogen (secondary N) is 1. The van der Waals surface area contributed by atoms with E-state index in [4.69, 9.17) is 4.74 Å². The molecule has 4 aromatic carbocycles. The lowest BCUT2D eigenvalue weighted by molar-refractivity contribution is 0.280. The summed E-state index contributed by atoms with van der Waals surface area (Å²) >= 11 is 0. The Morgan fingerprint density at radius 2 is 1.54 bits per heavy atom. The van der Waals surface area contributed by atoms with E-state index in [2.05, 4.69) is 36.2 Å². The molecule has 0 spiro atoms. The second kappa shape index (κ2) is 9.80. The molecule has 4 nitrogen and oxygen atoms in total. The van der Waals surface area contributed by atoms with E-state index in [0.717, 1.165) is 46.7 Å². The lowest BCUT2D eigenvalue weighted by Crippen LogP contribution is -2.22. The van der Waals surface area contributed by atoms with Gasteiger partial charge in [0, 0.05) is 53.6 Å². The molecule has 0 saturated heterocycles. The molecule has 0 aliphatic carbocycles. The van der Waals surface area contributed by atoms with Gasteiger partial charge >= 0.3 is 0 Å². The molecule has 2 N–H and O–H groups in total. The maximum Gasteiger partial charge on any atom is 0.150 e. The first-order valence-corrected chi connectivity index (χ1v) is 12.0. The second-order valence-electron chi connectivity index (χ2n) is 8.65. The molecule has 0 bridgehead atoms. The molecule has 0 saturated carbocycles. The summed E-state index contributed by atoms with van der Waals surface area (Å²) in [5.74, 6) is 0.607. The molecule has 178 valence electrons. The van der Waals surface area contributed by atoms with Gasteiger partial charge in [-0.1, -0.05) is 48.5 Å². The second-order valence-corrected chi connectivity index (χ2v) is 8.65. The average molecular weight is 469 g/mol. The highest BCUT2D eigenvalue weighted by atomic mass is 19.1. The van der Waals surface area contributed by atoms with E-state index >= 15 is 4.39 Å². The van der Waals surface area contributed by atoms with Gasteiger partial charge in [0.05, 0.1) is 12.3 Å². The van der Waals surface area contributed by atoms with Crippen molar-refractivity contribution in [1.82, 2.24) is 0 Å². The lowest BCUT2D eigenvalue weighted by Gasteiger charge is -2.32. The van der Waals surface area contributed by atoms with E-state index in [1.165, 1.54) is 6.07 Å². The largest absolute Gasteiger partial charge is 0.457 e. The molecule has 0 fully saturated rings. The number of anilines is 3. The van der Waals surface area contributed by atoms with Crippen LogP contribution in [0.3, 0.4) is 0 Å². The number of aliphatic hydroxyl groups excluding tert-OH is 1. The number of benzene rings is 4. The summed E-state index contributed by atoms with van der Waals surface area (Å²) in [4.78, 5) is 2.25. The van der Waals surface area contributed by atoms with Gasteiger partial charge in [0.2, 0.25) is 0 Å². The number of hydrogen-bond donors (Lipinski definition) is 2. The Morgan fingerprint density at radius 1 is 0.829 bits per heavy atom. The van der Waals surface area contributed by atoms with Crippen LogP contribution < -0.4 is 15.0 Å². The number of aliphatic hydroxyl groups is 1. The summed E-state index contributed by atoms with van der Waals surface area (Å²) in [7, 11) is 0. The fourth-order valence-electron chi connectivity index (χ4n) is 4.87. The molecular weight excluding hydrogens is 439 g/mol. The van der Waals surface area contributed by atoms with E-state index in [1.54, 1.807) is 0 Å². The number of ether oxygens (including phenoxy) is 1. The molecule has 4 aromatic rings. The Labute approximate surface area is 205 Å². The molecule has 1 heterocycles. The van der Waals surface area contributed by atoms with Crippen molar-refractivity contribution in [3.8, 4) is 11.5 Å². The van der Waals surface area contributed by atoms with E-state index in [1.807, 2.05) is 66.7 Å². The van der Waals surface area contributed by atoms with Crippen molar-refractivity contribution in [2.45, 2.75) is 26.4 Å². The Hall–Kier alpha value is -3.83. The van der Waals surface area contributed by atoms with Gasteiger partial charge < -0.3 is 20.1 Å². The first-order chi connectivity index (χ1) is 17.1. The minimum atomic E-state index is -0.384. The average Bonchev–Trinajstić information content (AvgIpc) is 2.89. The topological polar surface area (TPSA) is 44.7 Å². The zero-order valence-electron chi connectivity index (χ0n) is 20.0. The van der Waals surface area contributed by atoms with Crippen molar-refractivity contribution >= 4 is 17.1 Å². The number of rotatable bonds is 7. The van der Waals surface area contributed by atoms with Gasteiger partial charge in [-0.2, -0.15) is 0 Å². The quantitative estimate of drug-likeness (QED) is 0.265. The fourth-order valence-corrected chi connectivity index (χ4v) is 4.87. The molecule has 1 atom stereocenters. The van der Waals surface area contributed by atoms with E-state index in [0.29, 0.717) is 17.2 Å².